The van der Waals surface area contributed by atoms with Gasteiger partial charge in [0.05, 0.1) is 4.90 Å². The van der Waals surface area contributed by atoms with Crippen LogP contribution in [0.3, 0.4) is 0 Å². The lowest BCUT2D eigenvalue weighted by Crippen LogP contribution is -2.13. The van der Waals surface area contributed by atoms with Gasteiger partial charge in [0.25, 0.3) is 10.0 Å². The van der Waals surface area contributed by atoms with Gasteiger partial charge >= 0.3 is 6.16 Å². The number of aryl methyl sites for hydroxylation is 1. The molecule has 0 atom stereocenters. The molecule has 0 bridgehead atoms. The molecule has 1 heterocycles. The molecule has 0 aliphatic rings. The van der Waals surface area contributed by atoms with Crippen molar-refractivity contribution in [1.82, 2.24) is 0 Å². The Morgan fingerprint density at radius 3 is 2.35 bits per heavy atom. The summed E-state index contributed by atoms with van der Waals surface area (Å²) in [5.74, 6) is 0. The number of sulfonamides is 1. The van der Waals surface area contributed by atoms with E-state index >= 15 is 0 Å². The number of carbonyl (C=O) groups is 1. The summed E-state index contributed by atoms with van der Waals surface area (Å²) >= 11 is 1.05. The van der Waals surface area contributed by atoms with Crippen LogP contribution in [-0.4, -0.2) is 19.7 Å². The minimum atomic E-state index is -3.87. The normalized spacial score (nSPS) is 11.1. The Bertz CT molecular complexity index is 1030. The molecule has 0 aliphatic heterocycles. The first-order valence-corrected chi connectivity index (χ1v) is 9.84. The lowest BCUT2D eigenvalue weighted by Gasteiger charge is -2.08. The Morgan fingerprint density at radius 2 is 1.73 bits per heavy atom. The first-order valence-electron chi connectivity index (χ1n) is 7.55. The van der Waals surface area contributed by atoms with Crippen molar-refractivity contribution in [2.75, 3.05) is 4.72 Å². The van der Waals surface area contributed by atoms with Crippen LogP contribution in [0.15, 0.2) is 65.6 Å². The highest BCUT2D eigenvalue weighted by Crippen LogP contribution is 2.41. The molecule has 3 rings (SSSR count). The molecule has 0 aliphatic carbocycles. The molecule has 0 fully saturated rings. The van der Waals surface area contributed by atoms with E-state index in [4.69, 9.17) is 9.84 Å². The van der Waals surface area contributed by atoms with E-state index in [9.17, 15) is 13.2 Å². The first kappa shape index (κ1) is 18.0. The number of hydrogen-bond acceptors (Lipinski definition) is 5. The summed E-state index contributed by atoms with van der Waals surface area (Å²) in [6, 6.07) is 17.1. The number of nitrogens with one attached hydrogen (secondary N) is 1. The van der Waals surface area contributed by atoms with Crippen LogP contribution >= 0.6 is 11.3 Å². The van der Waals surface area contributed by atoms with E-state index in [1.165, 1.54) is 12.1 Å². The molecule has 0 saturated carbocycles. The van der Waals surface area contributed by atoms with Crippen LogP contribution in [0.1, 0.15) is 5.56 Å². The van der Waals surface area contributed by atoms with Gasteiger partial charge in [0.15, 0.2) is 0 Å². The Hall–Kier alpha value is -2.84. The Kier molecular flexibility index (Phi) is 4.97. The predicted octanol–water partition coefficient (Wildman–Crippen LogP) is 4.58. The fourth-order valence-electron chi connectivity index (χ4n) is 2.27. The topological polar surface area (TPSA) is 92.7 Å². The Morgan fingerprint density at radius 1 is 1.08 bits per heavy atom. The van der Waals surface area contributed by atoms with Crippen molar-refractivity contribution in [1.29, 1.82) is 0 Å². The van der Waals surface area contributed by atoms with E-state index in [1.807, 2.05) is 37.3 Å². The van der Waals surface area contributed by atoms with Gasteiger partial charge < -0.3 is 9.84 Å². The third kappa shape index (κ3) is 4.04. The van der Waals surface area contributed by atoms with Crippen LogP contribution in [-0.2, 0) is 10.0 Å². The zero-order valence-corrected chi connectivity index (χ0v) is 15.3. The second kappa shape index (κ2) is 7.19. The van der Waals surface area contributed by atoms with Gasteiger partial charge in [-0.05, 0) is 30.7 Å². The first-order chi connectivity index (χ1) is 12.3. The van der Waals surface area contributed by atoms with Crippen molar-refractivity contribution < 1.29 is 23.1 Å². The molecule has 2 N–H and O–H groups in total. The van der Waals surface area contributed by atoms with E-state index < -0.39 is 16.2 Å². The SMILES string of the molecule is Cc1ccc(S(=O)(=O)Nc2cc(-c3ccccc3)sc2OC(=O)O)cc1. The van der Waals surface area contributed by atoms with Crippen molar-refractivity contribution in [3.05, 3.63) is 66.2 Å². The molecule has 0 saturated heterocycles. The third-order valence-corrected chi connectivity index (χ3v) is 5.96. The van der Waals surface area contributed by atoms with Crippen LogP contribution in [0.2, 0.25) is 0 Å². The molecular formula is C18H15NO5S2. The van der Waals surface area contributed by atoms with Gasteiger partial charge in [-0.2, -0.15) is 0 Å². The van der Waals surface area contributed by atoms with Gasteiger partial charge in [0, 0.05) is 4.88 Å². The van der Waals surface area contributed by atoms with Crippen molar-refractivity contribution in [3.63, 3.8) is 0 Å². The molecule has 8 heteroatoms. The van der Waals surface area contributed by atoms with Gasteiger partial charge in [-0.25, -0.2) is 13.2 Å². The number of thiophene rings is 1. The summed E-state index contributed by atoms with van der Waals surface area (Å²) < 4.78 is 32.3. The number of rotatable bonds is 5. The number of ether oxygens (including phenoxy) is 1. The Labute approximate surface area is 154 Å². The fraction of sp³-hybridized carbons (Fsp3) is 0.0556. The average molecular weight is 389 g/mol. The van der Waals surface area contributed by atoms with Crippen LogP contribution in [0.25, 0.3) is 10.4 Å². The van der Waals surface area contributed by atoms with Crippen molar-refractivity contribution in [2.45, 2.75) is 11.8 Å². The second-order valence-electron chi connectivity index (χ2n) is 5.46. The van der Waals surface area contributed by atoms with E-state index in [0.717, 1.165) is 22.5 Å². The van der Waals surface area contributed by atoms with E-state index in [0.29, 0.717) is 4.88 Å². The van der Waals surface area contributed by atoms with E-state index in [-0.39, 0.29) is 15.6 Å². The zero-order chi connectivity index (χ0) is 18.7. The molecule has 0 spiro atoms. The minimum Gasteiger partial charge on any atom is -0.449 e. The Balaban J connectivity index is 1.99. The number of carboxylic acid groups (broad SMARTS) is 1. The van der Waals surface area contributed by atoms with Gasteiger partial charge in [-0.1, -0.05) is 59.4 Å². The quantitative estimate of drug-likeness (QED) is 0.623. The summed E-state index contributed by atoms with van der Waals surface area (Å²) in [5.41, 5.74) is 1.84. The molecule has 0 radical (unpaired) electrons. The summed E-state index contributed by atoms with van der Waals surface area (Å²) in [5, 5.41) is 8.89. The zero-order valence-electron chi connectivity index (χ0n) is 13.7. The minimum absolute atomic E-state index is 0.0351. The van der Waals surface area contributed by atoms with Crippen LogP contribution in [0.5, 0.6) is 5.06 Å². The average Bonchev–Trinajstić information content (AvgIpc) is 2.97. The fourth-order valence-corrected chi connectivity index (χ4v) is 4.35. The molecule has 6 nitrogen and oxygen atoms in total. The summed E-state index contributed by atoms with van der Waals surface area (Å²) in [6.45, 7) is 1.85. The molecular weight excluding hydrogens is 374 g/mol. The van der Waals surface area contributed by atoms with Gasteiger partial charge in [-0.15, -0.1) is 0 Å². The maximum atomic E-state index is 12.6. The largest absolute Gasteiger partial charge is 0.512 e. The molecule has 1 aromatic heterocycles. The van der Waals surface area contributed by atoms with Crippen LogP contribution in [0.4, 0.5) is 10.5 Å². The van der Waals surface area contributed by atoms with Crippen molar-refractivity contribution in [2.24, 2.45) is 0 Å². The van der Waals surface area contributed by atoms with Crippen molar-refractivity contribution >= 4 is 33.2 Å². The third-order valence-electron chi connectivity index (χ3n) is 3.51. The lowest BCUT2D eigenvalue weighted by atomic mass is 10.2. The smallest absolute Gasteiger partial charge is 0.449 e. The van der Waals surface area contributed by atoms with E-state index in [1.54, 1.807) is 18.2 Å². The highest BCUT2D eigenvalue weighted by atomic mass is 32.2. The number of benzene rings is 2. The second-order valence-corrected chi connectivity index (χ2v) is 8.16. The van der Waals surface area contributed by atoms with Gasteiger partial charge in [0.1, 0.15) is 5.69 Å². The number of anilines is 1. The van der Waals surface area contributed by atoms with Gasteiger partial charge in [-0.3, -0.25) is 4.72 Å². The van der Waals surface area contributed by atoms with Crippen LogP contribution in [0, 0.1) is 6.92 Å². The maximum absolute atomic E-state index is 12.6. The highest BCUT2D eigenvalue weighted by Gasteiger charge is 2.21. The molecule has 26 heavy (non-hydrogen) atoms. The summed E-state index contributed by atoms with van der Waals surface area (Å²) in [7, 11) is -3.87. The van der Waals surface area contributed by atoms with Gasteiger partial charge in [0.2, 0.25) is 5.06 Å². The molecule has 0 unspecified atom stereocenters. The molecule has 2 aromatic carbocycles. The molecule has 134 valence electrons. The maximum Gasteiger partial charge on any atom is 0.512 e. The van der Waals surface area contributed by atoms with Crippen molar-refractivity contribution in [3.8, 4) is 15.5 Å². The lowest BCUT2D eigenvalue weighted by molar-refractivity contribution is 0.146. The summed E-state index contributed by atoms with van der Waals surface area (Å²) in [6.07, 6.45) is -1.51. The summed E-state index contributed by atoms with van der Waals surface area (Å²) in [4.78, 5) is 11.7. The molecule has 0 amide bonds. The monoisotopic (exact) mass is 389 g/mol. The highest BCUT2D eigenvalue weighted by molar-refractivity contribution is 7.92. The standard InChI is InChI=1S/C18H15NO5S2/c1-12-7-9-14(10-8-12)26(22,23)19-15-11-16(13-5-3-2-4-6-13)25-17(15)24-18(20)21/h2-11,19H,1H3,(H,20,21). The number of hydrogen-bond donors (Lipinski definition) is 2. The predicted molar refractivity (Wildman–Crippen MR) is 100 cm³/mol. The van der Waals surface area contributed by atoms with E-state index in [2.05, 4.69) is 4.72 Å². The molecule has 3 aromatic rings. The van der Waals surface area contributed by atoms with Crippen LogP contribution < -0.4 is 9.46 Å².